The van der Waals surface area contributed by atoms with Crippen LogP contribution < -0.4 is 0 Å². The zero-order chi connectivity index (χ0) is 10.7. The quantitative estimate of drug-likeness (QED) is 0.183. The summed E-state index contributed by atoms with van der Waals surface area (Å²) in [7, 11) is -6.50. The molecule has 20 heavy (non-hydrogen) atoms. The maximum absolute atomic E-state index is 7.17. The second kappa shape index (κ2) is 68.6. The zero-order valence-corrected chi connectivity index (χ0v) is 15.6. The van der Waals surface area contributed by atoms with Gasteiger partial charge in [-0.3, -0.25) is 0 Å². The molecule has 20 heteroatoms. The molecule has 0 bridgehead atoms. The van der Waals surface area contributed by atoms with Crippen molar-refractivity contribution in [1.29, 1.82) is 0 Å². The summed E-state index contributed by atoms with van der Waals surface area (Å²) in [5.41, 5.74) is 0. The van der Waals surface area contributed by atoms with Crippen LogP contribution in [0.2, 0.25) is 0 Å². The summed E-state index contributed by atoms with van der Waals surface area (Å²) in [6.45, 7) is 0. The second-order valence-corrected chi connectivity index (χ2v) is 1.04. The van der Waals surface area contributed by atoms with Gasteiger partial charge in [0, 0.05) is 0 Å². The van der Waals surface area contributed by atoms with Crippen LogP contribution >= 0.6 is 0 Å². The van der Waals surface area contributed by atoms with Crippen molar-refractivity contribution in [2.45, 2.75) is 0 Å². The molecule has 0 aromatic carbocycles. The first-order chi connectivity index (χ1) is 5.20. The van der Waals surface area contributed by atoms with Crippen LogP contribution in [-0.4, -0.2) is 154 Å². The van der Waals surface area contributed by atoms with Crippen LogP contribution in [0.15, 0.2) is 0 Å². The minimum Gasteiger partial charge on any atom is -2.00 e. The summed E-state index contributed by atoms with van der Waals surface area (Å²) in [5.74, 6) is 0. The third-order valence-electron chi connectivity index (χ3n) is 0. The van der Waals surface area contributed by atoms with E-state index in [2.05, 4.69) is 0 Å². The van der Waals surface area contributed by atoms with Crippen molar-refractivity contribution in [3.8, 4) is 0 Å². The van der Waals surface area contributed by atoms with Crippen molar-refractivity contribution in [1.82, 2.24) is 0 Å². The van der Waals surface area contributed by atoms with Gasteiger partial charge in [0.2, 0.25) is 0 Å². The average molecular weight is 368 g/mol. The van der Waals surface area contributed by atoms with Gasteiger partial charge in [-0.05, 0) is 0 Å². The molecule has 9 N–H and O–H groups in total. The van der Waals surface area contributed by atoms with E-state index < -0.39 is 22.0 Å². The van der Waals surface area contributed by atoms with Gasteiger partial charge in [-0.25, -0.2) is 0 Å². The molecule has 0 saturated heterocycles. The topological polar surface area (TPSA) is 268 Å². The van der Waals surface area contributed by atoms with Crippen LogP contribution in [0.3, 0.4) is 0 Å². The summed E-state index contributed by atoms with van der Waals surface area (Å²) >= 11 is 0. The van der Waals surface area contributed by atoms with Crippen LogP contribution in [0.1, 0.15) is 0 Å². The first-order valence-electron chi connectivity index (χ1n) is 2.32. The van der Waals surface area contributed by atoms with Gasteiger partial charge < -0.3 is 61.6 Å². The van der Waals surface area contributed by atoms with Crippen LogP contribution in [0, 0.1) is 0 Å². The molecule has 0 aliphatic carbocycles. The van der Waals surface area contributed by atoms with Crippen LogP contribution in [0.4, 0.5) is 0 Å². The molecule has 0 saturated carbocycles. The first-order valence-corrected chi connectivity index (χ1v) is 2.32. The van der Waals surface area contributed by atoms with Gasteiger partial charge in [-0.2, -0.15) is 0 Å². The minimum atomic E-state index is -2.17. The molecule has 0 aromatic rings. The largest absolute Gasteiger partial charge is 3.00 e. The SMILES string of the molecule is OB(O)O.OB(O)O.OB(O)O.[Al+3].[Al+3].[Al+3].[Al+3].[Al+3].[O-2].[O-2].[O-2]. The Morgan fingerprint density at radius 1 is 0.300 bits per heavy atom. The Balaban J connectivity index is -0.00000000562. The predicted octanol–water partition coefficient (Wildman–Crippen LogP) is -8.42. The van der Waals surface area contributed by atoms with Crippen LogP contribution in [-0.2, 0) is 16.4 Å². The van der Waals surface area contributed by atoms with Crippen molar-refractivity contribution in [3.05, 3.63) is 0 Å². The van der Waals surface area contributed by atoms with Gasteiger partial charge in [0.15, 0.2) is 0 Å². The summed E-state index contributed by atoms with van der Waals surface area (Å²) < 4.78 is 0. The molecule has 12 nitrogen and oxygen atoms in total. The maximum atomic E-state index is 7.17. The summed E-state index contributed by atoms with van der Waals surface area (Å²) in [5, 5.41) is 64.5. The Bertz CT molecular complexity index is 55.6. The van der Waals surface area contributed by atoms with Crippen molar-refractivity contribution in [3.63, 3.8) is 0 Å². The van der Waals surface area contributed by atoms with E-state index in [1.165, 1.54) is 0 Å². The van der Waals surface area contributed by atoms with Gasteiger partial charge in [-0.15, -0.1) is 0 Å². The summed E-state index contributed by atoms with van der Waals surface area (Å²) in [6, 6.07) is 0. The normalized spacial score (nSPS) is 4.05. The Kier molecular flexibility index (Phi) is 271. The molecular weight excluding hydrogens is 359 g/mol. The molecule has 0 spiro atoms. The monoisotopic (exact) mass is 369 g/mol. The first kappa shape index (κ1) is 79.0. The van der Waals surface area contributed by atoms with Gasteiger partial charge >= 0.3 is 109 Å². The van der Waals surface area contributed by atoms with E-state index in [0.717, 1.165) is 0 Å². The van der Waals surface area contributed by atoms with E-state index in [-0.39, 0.29) is 103 Å². The standard InChI is InChI=1S/5Al.3BH3O3.3O/c;;;;;3*2-1(3)4;;;/h;;;;;3*2-4H;;;/q5*+3;;;;3*-2. The summed E-state index contributed by atoms with van der Waals surface area (Å²) in [6.07, 6.45) is 0. The van der Waals surface area contributed by atoms with E-state index in [9.17, 15) is 0 Å². The Morgan fingerprint density at radius 3 is 0.300 bits per heavy atom. The van der Waals surface area contributed by atoms with Crippen LogP contribution in [0.5, 0.6) is 0 Å². The maximum Gasteiger partial charge on any atom is 3.00 e. The molecule has 0 amide bonds. The van der Waals surface area contributed by atoms with Gasteiger partial charge in [0.25, 0.3) is 0 Å². The molecule has 0 unspecified atom stereocenters. The molecule has 0 aromatic heterocycles. The molecule has 96 valence electrons. The molecular formula is H9Al5B3O12+9. The number of rotatable bonds is 0. The third kappa shape index (κ3) is 1350. The third-order valence-corrected chi connectivity index (χ3v) is 0. The van der Waals surface area contributed by atoms with Gasteiger partial charge in [0.1, 0.15) is 0 Å². The fraction of sp³-hybridized carbons (Fsp3) is 0. The van der Waals surface area contributed by atoms with Gasteiger partial charge in [-0.1, -0.05) is 0 Å². The fourth-order valence-corrected chi connectivity index (χ4v) is 0. The molecule has 0 aliphatic heterocycles. The van der Waals surface area contributed by atoms with Gasteiger partial charge in [0.05, 0.1) is 0 Å². The van der Waals surface area contributed by atoms with E-state index in [4.69, 9.17) is 45.2 Å². The summed E-state index contributed by atoms with van der Waals surface area (Å²) in [4.78, 5) is 0. The van der Waals surface area contributed by atoms with E-state index >= 15 is 0 Å². The smallest absolute Gasteiger partial charge is 2.00 e. The van der Waals surface area contributed by atoms with Crippen molar-refractivity contribution < 1.29 is 61.6 Å². The Hall–Kier alpha value is 2.38. The molecule has 0 heterocycles. The Morgan fingerprint density at radius 2 is 0.300 bits per heavy atom. The Labute approximate surface area is 169 Å². The molecule has 0 fully saturated rings. The number of hydrogen-bond acceptors (Lipinski definition) is 9. The predicted molar refractivity (Wildman–Crippen MR) is 68.1 cm³/mol. The zero-order valence-electron chi connectivity index (χ0n) is 9.87. The molecule has 0 radical (unpaired) electrons. The van der Waals surface area contributed by atoms with Crippen LogP contribution in [0.25, 0.3) is 0 Å². The molecule has 0 aliphatic rings. The fourth-order valence-electron chi connectivity index (χ4n) is 0. The van der Waals surface area contributed by atoms with Crippen molar-refractivity contribution in [2.75, 3.05) is 0 Å². The van der Waals surface area contributed by atoms with E-state index in [1.54, 1.807) is 0 Å². The second-order valence-electron chi connectivity index (χ2n) is 1.04. The van der Waals surface area contributed by atoms with Crippen molar-refractivity contribution >= 4 is 109 Å². The minimum absolute atomic E-state index is 0. The average Bonchev–Trinajstić information content (AvgIpc) is 1.54. The van der Waals surface area contributed by atoms with E-state index in [1.807, 2.05) is 0 Å². The van der Waals surface area contributed by atoms with E-state index in [0.29, 0.717) is 0 Å². The molecule has 0 rings (SSSR count). The molecule has 0 atom stereocenters. The van der Waals surface area contributed by atoms with Crippen molar-refractivity contribution in [2.24, 2.45) is 0 Å². The number of hydrogen-bond donors (Lipinski definition) is 9.